The molecule has 0 bridgehead atoms. The zero-order chi connectivity index (χ0) is 18.0. The highest BCUT2D eigenvalue weighted by molar-refractivity contribution is 7.80. The summed E-state index contributed by atoms with van der Waals surface area (Å²) in [6.07, 6.45) is 5.14. The highest BCUT2D eigenvalue weighted by atomic mass is 32.1. The topological polar surface area (TPSA) is 54.9 Å². The number of pyridine rings is 1. The Morgan fingerprint density at radius 1 is 1.08 bits per heavy atom. The summed E-state index contributed by atoms with van der Waals surface area (Å²) < 4.78 is 10.6. The maximum Gasteiger partial charge on any atom is 0.281 e. The minimum atomic E-state index is -0.209. The van der Waals surface area contributed by atoms with Crippen molar-refractivity contribution < 1.29 is 14.3 Å². The third-order valence-corrected chi connectivity index (χ3v) is 4.32. The molecule has 1 aromatic heterocycles. The molecule has 1 aliphatic heterocycles. The fraction of sp³-hybridized carbons (Fsp3) is 0.167. The Morgan fingerprint density at radius 3 is 2.24 bits per heavy atom. The van der Waals surface area contributed by atoms with E-state index in [1.165, 1.54) is 4.90 Å². The van der Waals surface area contributed by atoms with E-state index in [4.69, 9.17) is 21.7 Å². The van der Waals surface area contributed by atoms with Crippen LogP contribution in [0.2, 0.25) is 0 Å². The molecule has 0 atom stereocenters. The first-order valence-electron chi connectivity index (χ1n) is 7.52. The molecule has 6 nitrogen and oxygen atoms in total. The Morgan fingerprint density at radius 2 is 1.68 bits per heavy atom. The lowest BCUT2D eigenvalue weighted by atomic mass is 10.2. The van der Waals surface area contributed by atoms with Gasteiger partial charge in [0.05, 0.1) is 19.9 Å². The van der Waals surface area contributed by atoms with Crippen molar-refractivity contribution in [2.75, 3.05) is 26.2 Å². The van der Waals surface area contributed by atoms with E-state index in [-0.39, 0.29) is 5.91 Å². The zero-order valence-electron chi connectivity index (χ0n) is 14.1. The van der Waals surface area contributed by atoms with Gasteiger partial charge in [0.25, 0.3) is 5.91 Å². The molecular weight excluding hydrogens is 338 g/mol. The molecule has 0 N–H and O–H groups in total. The lowest BCUT2D eigenvalue weighted by Gasteiger charge is -2.18. The summed E-state index contributed by atoms with van der Waals surface area (Å²) in [4.78, 5) is 20.1. The van der Waals surface area contributed by atoms with Gasteiger partial charge in [0.1, 0.15) is 17.2 Å². The van der Waals surface area contributed by atoms with Crippen molar-refractivity contribution in [2.45, 2.75) is 0 Å². The first-order valence-corrected chi connectivity index (χ1v) is 7.93. The number of amides is 1. The summed E-state index contributed by atoms with van der Waals surface area (Å²) in [5, 5.41) is 0.389. The predicted octanol–water partition coefficient (Wildman–Crippen LogP) is 2.70. The molecule has 0 saturated carbocycles. The Hall–Kier alpha value is -2.93. The molecule has 7 heteroatoms. The highest BCUT2D eigenvalue weighted by Gasteiger charge is 2.37. The van der Waals surface area contributed by atoms with E-state index in [0.717, 1.165) is 5.56 Å². The maximum absolute atomic E-state index is 13.0. The molecule has 1 fully saturated rings. The van der Waals surface area contributed by atoms with Crippen LogP contribution in [0, 0.1) is 0 Å². The normalized spacial score (nSPS) is 15.9. The van der Waals surface area contributed by atoms with E-state index >= 15 is 0 Å². The summed E-state index contributed by atoms with van der Waals surface area (Å²) in [6.45, 7) is 0. The molecule has 3 rings (SSSR count). The van der Waals surface area contributed by atoms with Crippen molar-refractivity contribution in [1.29, 1.82) is 0 Å². The van der Waals surface area contributed by atoms with Gasteiger partial charge in [-0.3, -0.25) is 14.7 Å². The fourth-order valence-corrected chi connectivity index (χ4v) is 2.81. The first kappa shape index (κ1) is 16.9. The maximum atomic E-state index is 13.0. The minimum absolute atomic E-state index is 0.209. The van der Waals surface area contributed by atoms with Crippen molar-refractivity contribution >= 4 is 35.0 Å². The number of methoxy groups -OCH3 is 2. The van der Waals surface area contributed by atoms with Crippen LogP contribution in [0.25, 0.3) is 6.08 Å². The highest BCUT2D eigenvalue weighted by Crippen LogP contribution is 2.33. The van der Waals surface area contributed by atoms with Gasteiger partial charge in [0, 0.05) is 37.6 Å². The van der Waals surface area contributed by atoms with Crippen LogP contribution in [0.15, 0.2) is 48.4 Å². The molecule has 1 saturated heterocycles. The van der Waals surface area contributed by atoms with Crippen LogP contribution in [-0.4, -0.2) is 42.2 Å². The Labute approximate surface area is 151 Å². The number of rotatable bonds is 4. The molecule has 1 amide bonds. The lowest BCUT2D eigenvalue weighted by Crippen LogP contribution is -2.31. The number of aromatic nitrogens is 1. The van der Waals surface area contributed by atoms with Crippen LogP contribution in [0.3, 0.4) is 0 Å². The Balaban J connectivity index is 2.03. The number of thiocarbonyl (C=S) groups is 1. The van der Waals surface area contributed by atoms with Gasteiger partial charge in [0.15, 0.2) is 5.11 Å². The van der Waals surface area contributed by atoms with Gasteiger partial charge < -0.3 is 14.4 Å². The number of hydrogen-bond donors (Lipinski definition) is 0. The van der Waals surface area contributed by atoms with Gasteiger partial charge in [-0.15, -0.1) is 0 Å². The number of nitrogens with zero attached hydrogens (tertiary/aromatic N) is 3. The van der Waals surface area contributed by atoms with Gasteiger partial charge in [0.2, 0.25) is 0 Å². The van der Waals surface area contributed by atoms with E-state index in [1.54, 1.807) is 62.8 Å². The smallest absolute Gasteiger partial charge is 0.281 e. The number of likely N-dealkylation sites (N-methyl/N-ethyl adjacent to an activating group) is 1. The summed E-state index contributed by atoms with van der Waals surface area (Å²) in [7, 11) is 4.89. The van der Waals surface area contributed by atoms with Gasteiger partial charge in [-0.05, 0) is 36.0 Å². The molecule has 128 valence electrons. The number of carbonyl (C=O) groups excluding carboxylic acids is 1. The summed E-state index contributed by atoms with van der Waals surface area (Å²) in [6, 6.07) is 8.89. The largest absolute Gasteiger partial charge is 0.497 e. The Kier molecular flexibility index (Phi) is 4.67. The van der Waals surface area contributed by atoms with E-state index < -0.39 is 0 Å². The summed E-state index contributed by atoms with van der Waals surface area (Å²) in [5.74, 6) is 0.956. The van der Waals surface area contributed by atoms with Crippen LogP contribution in [0.1, 0.15) is 5.56 Å². The third kappa shape index (κ3) is 3.18. The van der Waals surface area contributed by atoms with Crippen LogP contribution >= 0.6 is 12.2 Å². The number of anilines is 1. The van der Waals surface area contributed by atoms with Crippen molar-refractivity contribution in [3.8, 4) is 11.5 Å². The van der Waals surface area contributed by atoms with E-state index in [0.29, 0.717) is 28.0 Å². The lowest BCUT2D eigenvalue weighted by molar-refractivity contribution is -0.114. The van der Waals surface area contributed by atoms with Gasteiger partial charge in [-0.2, -0.15) is 0 Å². The monoisotopic (exact) mass is 355 g/mol. The molecule has 0 radical (unpaired) electrons. The van der Waals surface area contributed by atoms with E-state index in [1.807, 2.05) is 12.1 Å². The number of benzene rings is 1. The average molecular weight is 355 g/mol. The Bertz CT molecular complexity index is 830. The fourth-order valence-electron chi connectivity index (χ4n) is 2.52. The average Bonchev–Trinajstić information content (AvgIpc) is 2.85. The van der Waals surface area contributed by atoms with Crippen molar-refractivity contribution in [3.63, 3.8) is 0 Å². The SMILES string of the molecule is COc1cc(OC)cc(N2C(=O)C(=Cc3ccncc3)N(C)C2=S)c1. The second-order valence-electron chi connectivity index (χ2n) is 5.36. The van der Waals surface area contributed by atoms with E-state index in [9.17, 15) is 4.79 Å². The number of hydrogen-bond acceptors (Lipinski definition) is 5. The third-order valence-electron chi connectivity index (χ3n) is 3.87. The minimum Gasteiger partial charge on any atom is -0.497 e. The molecular formula is C18H17N3O3S. The van der Waals surface area contributed by atoms with Crippen molar-refractivity contribution in [3.05, 3.63) is 54.0 Å². The van der Waals surface area contributed by atoms with Gasteiger partial charge >= 0.3 is 0 Å². The molecule has 1 aliphatic rings. The predicted molar refractivity (Wildman–Crippen MR) is 99.6 cm³/mol. The molecule has 0 spiro atoms. The molecule has 0 aliphatic carbocycles. The van der Waals surface area contributed by atoms with Crippen LogP contribution < -0.4 is 14.4 Å². The van der Waals surface area contributed by atoms with Crippen LogP contribution in [0.5, 0.6) is 11.5 Å². The standard InChI is InChI=1S/C18H17N3O3S/c1-20-16(8-12-4-6-19-7-5-12)17(22)21(18(20)25)13-9-14(23-2)11-15(10-13)24-3/h4-11H,1-3H3. The zero-order valence-corrected chi connectivity index (χ0v) is 14.9. The van der Waals surface area contributed by atoms with Crippen LogP contribution in [0.4, 0.5) is 5.69 Å². The van der Waals surface area contributed by atoms with Crippen molar-refractivity contribution in [2.24, 2.45) is 0 Å². The van der Waals surface area contributed by atoms with E-state index in [2.05, 4.69) is 4.98 Å². The second-order valence-corrected chi connectivity index (χ2v) is 5.73. The molecule has 2 aromatic rings. The molecule has 1 aromatic carbocycles. The second kappa shape index (κ2) is 6.90. The number of carbonyl (C=O) groups is 1. The van der Waals surface area contributed by atoms with Crippen molar-refractivity contribution in [1.82, 2.24) is 9.88 Å². The quantitative estimate of drug-likeness (QED) is 0.621. The number of ether oxygens (including phenoxy) is 2. The van der Waals surface area contributed by atoms with Crippen LogP contribution in [-0.2, 0) is 4.79 Å². The first-order chi connectivity index (χ1) is 12.0. The molecule has 25 heavy (non-hydrogen) atoms. The molecule has 0 unspecified atom stereocenters. The summed E-state index contributed by atoms with van der Waals surface area (Å²) in [5.41, 5.74) is 1.95. The molecule has 2 heterocycles. The summed E-state index contributed by atoms with van der Waals surface area (Å²) >= 11 is 5.47. The van der Waals surface area contributed by atoms with Gasteiger partial charge in [-0.25, -0.2) is 0 Å². The van der Waals surface area contributed by atoms with Gasteiger partial charge in [-0.1, -0.05) is 0 Å².